The summed E-state index contributed by atoms with van der Waals surface area (Å²) in [6.07, 6.45) is 5.83. The summed E-state index contributed by atoms with van der Waals surface area (Å²) < 4.78 is 0. The zero-order valence-electron chi connectivity index (χ0n) is 9.41. The molecule has 0 radical (unpaired) electrons. The zero-order valence-corrected chi connectivity index (χ0v) is 9.41. The summed E-state index contributed by atoms with van der Waals surface area (Å²) in [7, 11) is 0. The van der Waals surface area contributed by atoms with E-state index in [0.717, 1.165) is 12.8 Å². The van der Waals surface area contributed by atoms with Gasteiger partial charge in [0.25, 0.3) is 0 Å². The van der Waals surface area contributed by atoms with Crippen molar-refractivity contribution in [3.05, 3.63) is 35.9 Å². The van der Waals surface area contributed by atoms with E-state index in [0.29, 0.717) is 0 Å². The van der Waals surface area contributed by atoms with Gasteiger partial charge in [0.15, 0.2) is 0 Å². The molecule has 1 aromatic rings. The zero-order chi connectivity index (χ0) is 11.0. The minimum Gasteiger partial charge on any atom is -0.348 e. The van der Waals surface area contributed by atoms with Crippen molar-refractivity contribution in [2.75, 3.05) is 0 Å². The number of benzene rings is 1. The van der Waals surface area contributed by atoms with Crippen LogP contribution in [0.4, 0.5) is 0 Å². The highest BCUT2D eigenvalue weighted by Crippen LogP contribution is 2.51. The number of amides is 1. The lowest BCUT2D eigenvalue weighted by atomic mass is 9.61. The highest BCUT2D eigenvalue weighted by atomic mass is 16.2. The molecule has 1 saturated carbocycles. The fourth-order valence-corrected chi connectivity index (χ4v) is 3.21. The number of carbonyl (C=O) groups excluding carboxylic acids is 1. The quantitative estimate of drug-likeness (QED) is 0.717. The molecule has 2 heteroatoms. The van der Waals surface area contributed by atoms with E-state index in [-0.39, 0.29) is 17.4 Å². The van der Waals surface area contributed by atoms with Gasteiger partial charge in [-0.2, -0.15) is 0 Å². The van der Waals surface area contributed by atoms with Crippen molar-refractivity contribution >= 4 is 5.91 Å². The highest BCUT2D eigenvalue weighted by Gasteiger charge is 2.55. The second kappa shape index (κ2) is 3.62. The van der Waals surface area contributed by atoms with Gasteiger partial charge in [-0.25, -0.2) is 0 Å². The first-order valence-corrected chi connectivity index (χ1v) is 6.19. The molecule has 3 rings (SSSR count). The molecule has 2 aliphatic rings. The molecule has 0 bridgehead atoms. The number of carbonyl (C=O) groups is 1. The standard InChI is InChI=1S/C14H17NO/c16-13-14(9-5-2-6-10-14)12(15-13)11-7-3-1-4-8-11/h1,3-4,7-8,12H,2,5-6,9-10H2,(H,15,16)/t12-/m0/s1. The number of hydrogen-bond donors (Lipinski definition) is 1. The van der Waals surface area contributed by atoms with Crippen LogP contribution in [0.25, 0.3) is 0 Å². The molecule has 0 unspecified atom stereocenters. The van der Waals surface area contributed by atoms with Crippen LogP contribution in [0.2, 0.25) is 0 Å². The third kappa shape index (κ3) is 1.29. The topological polar surface area (TPSA) is 29.1 Å². The maximum atomic E-state index is 11.9. The Morgan fingerprint density at radius 2 is 1.75 bits per heavy atom. The van der Waals surface area contributed by atoms with Gasteiger partial charge in [0.05, 0.1) is 11.5 Å². The number of rotatable bonds is 1. The van der Waals surface area contributed by atoms with E-state index in [9.17, 15) is 4.79 Å². The van der Waals surface area contributed by atoms with Gasteiger partial charge in [0, 0.05) is 0 Å². The lowest BCUT2D eigenvalue weighted by molar-refractivity contribution is -0.149. The third-order valence-electron chi connectivity index (χ3n) is 4.16. The smallest absolute Gasteiger partial charge is 0.229 e. The SMILES string of the molecule is O=C1N[C@@H](c2ccccc2)C12CCCCC2. The maximum Gasteiger partial charge on any atom is 0.229 e. The Morgan fingerprint density at radius 3 is 2.38 bits per heavy atom. The predicted octanol–water partition coefficient (Wildman–Crippen LogP) is 2.81. The Hall–Kier alpha value is -1.31. The minimum absolute atomic E-state index is 0.0698. The van der Waals surface area contributed by atoms with Crippen LogP contribution in [0.1, 0.15) is 43.7 Å². The van der Waals surface area contributed by atoms with E-state index < -0.39 is 0 Å². The molecule has 1 N–H and O–H groups in total. The van der Waals surface area contributed by atoms with Gasteiger partial charge in [0.2, 0.25) is 5.91 Å². The molecule has 1 heterocycles. The van der Waals surface area contributed by atoms with Crippen molar-refractivity contribution in [2.45, 2.75) is 38.1 Å². The first-order valence-electron chi connectivity index (χ1n) is 6.19. The molecule has 1 atom stereocenters. The fourth-order valence-electron chi connectivity index (χ4n) is 3.21. The Balaban J connectivity index is 1.90. The summed E-state index contributed by atoms with van der Waals surface area (Å²) in [6, 6.07) is 10.6. The summed E-state index contributed by atoms with van der Waals surface area (Å²) in [4.78, 5) is 11.9. The second-order valence-electron chi connectivity index (χ2n) is 5.03. The molecule has 84 valence electrons. The molecule has 2 nitrogen and oxygen atoms in total. The van der Waals surface area contributed by atoms with Crippen LogP contribution >= 0.6 is 0 Å². The summed E-state index contributed by atoms with van der Waals surface area (Å²) >= 11 is 0. The van der Waals surface area contributed by atoms with Crippen molar-refractivity contribution in [3.63, 3.8) is 0 Å². The van der Waals surface area contributed by atoms with Gasteiger partial charge in [-0.15, -0.1) is 0 Å². The van der Waals surface area contributed by atoms with Gasteiger partial charge in [-0.05, 0) is 18.4 Å². The maximum absolute atomic E-state index is 11.9. The molecule has 1 saturated heterocycles. The summed E-state index contributed by atoms with van der Waals surface area (Å²) in [6.45, 7) is 0. The minimum atomic E-state index is -0.0698. The first-order chi connectivity index (χ1) is 7.83. The lowest BCUT2D eigenvalue weighted by Crippen LogP contribution is -2.61. The first kappa shape index (κ1) is 9.88. The Morgan fingerprint density at radius 1 is 1.06 bits per heavy atom. The van der Waals surface area contributed by atoms with Gasteiger partial charge >= 0.3 is 0 Å². The molecule has 1 spiro atoms. The van der Waals surface area contributed by atoms with Gasteiger partial charge < -0.3 is 5.32 Å². The molecule has 0 aromatic heterocycles. The van der Waals surface area contributed by atoms with Crippen molar-refractivity contribution in [2.24, 2.45) is 5.41 Å². The van der Waals surface area contributed by atoms with E-state index >= 15 is 0 Å². The van der Waals surface area contributed by atoms with E-state index in [2.05, 4.69) is 29.6 Å². The average Bonchev–Trinajstić information content (AvgIpc) is 2.38. The van der Waals surface area contributed by atoms with E-state index in [1.54, 1.807) is 0 Å². The third-order valence-corrected chi connectivity index (χ3v) is 4.16. The molecule has 1 aliphatic carbocycles. The van der Waals surface area contributed by atoms with Crippen LogP contribution in [0.5, 0.6) is 0 Å². The van der Waals surface area contributed by atoms with Crippen LogP contribution in [0, 0.1) is 5.41 Å². The highest BCUT2D eigenvalue weighted by molar-refractivity contribution is 5.90. The van der Waals surface area contributed by atoms with E-state index in [4.69, 9.17) is 0 Å². The summed E-state index contributed by atoms with van der Waals surface area (Å²) in [5.74, 6) is 0.279. The van der Waals surface area contributed by atoms with Gasteiger partial charge in [-0.1, -0.05) is 49.6 Å². The molecular formula is C14H17NO. The van der Waals surface area contributed by atoms with Crippen LogP contribution in [0.3, 0.4) is 0 Å². The van der Waals surface area contributed by atoms with Crippen LogP contribution in [0.15, 0.2) is 30.3 Å². The fraction of sp³-hybridized carbons (Fsp3) is 0.500. The summed E-state index contributed by atoms with van der Waals surface area (Å²) in [5, 5.41) is 3.08. The molecular weight excluding hydrogens is 198 g/mol. The van der Waals surface area contributed by atoms with Crippen LogP contribution < -0.4 is 5.32 Å². The monoisotopic (exact) mass is 215 g/mol. The predicted molar refractivity (Wildman–Crippen MR) is 62.8 cm³/mol. The van der Waals surface area contributed by atoms with Crippen molar-refractivity contribution in [1.29, 1.82) is 0 Å². The normalized spacial score (nSPS) is 27.2. The van der Waals surface area contributed by atoms with Crippen LogP contribution in [-0.2, 0) is 4.79 Å². The van der Waals surface area contributed by atoms with Gasteiger partial charge in [0.1, 0.15) is 0 Å². The molecule has 1 amide bonds. The Bertz CT molecular complexity index is 392. The van der Waals surface area contributed by atoms with Crippen molar-refractivity contribution in [1.82, 2.24) is 5.32 Å². The molecule has 16 heavy (non-hydrogen) atoms. The van der Waals surface area contributed by atoms with E-state index in [1.165, 1.54) is 24.8 Å². The molecule has 1 aliphatic heterocycles. The van der Waals surface area contributed by atoms with Gasteiger partial charge in [-0.3, -0.25) is 4.79 Å². The second-order valence-corrected chi connectivity index (χ2v) is 5.03. The van der Waals surface area contributed by atoms with E-state index in [1.807, 2.05) is 6.07 Å². The largest absolute Gasteiger partial charge is 0.348 e. The number of hydrogen-bond acceptors (Lipinski definition) is 1. The number of β-lactam (4-membered cyclic amide) rings is 1. The number of nitrogens with one attached hydrogen (secondary N) is 1. The lowest BCUT2D eigenvalue weighted by Gasteiger charge is -2.51. The Kier molecular flexibility index (Phi) is 2.23. The molecule has 1 aromatic carbocycles. The van der Waals surface area contributed by atoms with Crippen molar-refractivity contribution < 1.29 is 4.79 Å². The molecule has 2 fully saturated rings. The summed E-state index contributed by atoms with van der Waals surface area (Å²) in [5.41, 5.74) is 1.20. The van der Waals surface area contributed by atoms with Crippen molar-refractivity contribution in [3.8, 4) is 0 Å². The average molecular weight is 215 g/mol. The Labute approximate surface area is 96.1 Å². The van der Waals surface area contributed by atoms with Crippen LogP contribution in [-0.4, -0.2) is 5.91 Å².